The summed E-state index contributed by atoms with van der Waals surface area (Å²) in [4.78, 5) is 22.0. The first-order valence-corrected chi connectivity index (χ1v) is 13.0. The molecule has 7 heteroatoms. The average Bonchev–Trinajstić information content (AvgIpc) is 3.57. The first-order valence-electron chi connectivity index (χ1n) is 13.0. The third-order valence-electron chi connectivity index (χ3n) is 9.61. The van der Waals surface area contributed by atoms with E-state index >= 15 is 0 Å². The monoisotopic (exact) mass is 475 g/mol. The zero-order valence-corrected chi connectivity index (χ0v) is 20.4. The van der Waals surface area contributed by atoms with E-state index in [9.17, 15) is 15.0 Å². The Hall–Kier alpha value is -2.64. The van der Waals surface area contributed by atoms with Crippen molar-refractivity contribution < 1.29 is 19.7 Å². The molecule has 1 amide bonds. The Labute approximate surface area is 205 Å². The molecule has 1 aromatic heterocycles. The summed E-state index contributed by atoms with van der Waals surface area (Å²) in [6.07, 6.45) is 6.58. The van der Waals surface area contributed by atoms with Crippen molar-refractivity contribution in [3.63, 3.8) is 0 Å². The highest BCUT2D eigenvalue weighted by Gasteiger charge is 2.73. The Morgan fingerprint density at radius 1 is 1.26 bits per heavy atom. The van der Waals surface area contributed by atoms with Gasteiger partial charge in [-0.1, -0.05) is 12.1 Å². The van der Waals surface area contributed by atoms with Crippen molar-refractivity contribution in [1.29, 1.82) is 0 Å². The van der Waals surface area contributed by atoms with Crippen LogP contribution in [0, 0.1) is 12.8 Å². The fraction of sp³-hybridized carbons (Fsp3) is 0.571. The molecule has 2 N–H and O–H groups in total. The molecular formula is C28H33N3O4. The smallest absolute Gasteiger partial charge is 0.225 e. The predicted molar refractivity (Wildman–Crippen MR) is 131 cm³/mol. The Balaban J connectivity index is 1.39. The van der Waals surface area contributed by atoms with E-state index in [2.05, 4.69) is 9.88 Å². The maximum atomic E-state index is 13.1. The molecule has 2 saturated carbocycles. The molecule has 1 aromatic carbocycles. The van der Waals surface area contributed by atoms with Crippen LogP contribution in [0.15, 0.2) is 30.5 Å². The van der Waals surface area contributed by atoms with E-state index in [-0.39, 0.29) is 23.7 Å². The summed E-state index contributed by atoms with van der Waals surface area (Å²) in [7, 11) is 0. The van der Waals surface area contributed by atoms with Crippen molar-refractivity contribution >= 4 is 11.7 Å². The van der Waals surface area contributed by atoms with Gasteiger partial charge in [-0.15, -0.1) is 0 Å². The van der Waals surface area contributed by atoms with Crippen molar-refractivity contribution in [1.82, 2.24) is 9.88 Å². The van der Waals surface area contributed by atoms with Crippen molar-refractivity contribution in [2.45, 2.75) is 81.6 Å². The minimum atomic E-state index is -0.963. The summed E-state index contributed by atoms with van der Waals surface area (Å²) in [5.74, 6) is 1.94. The van der Waals surface area contributed by atoms with Gasteiger partial charge in [0.2, 0.25) is 5.91 Å². The number of aromatic nitrogens is 1. The van der Waals surface area contributed by atoms with Crippen LogP contribution in [0.2, 0.25) is 0 Å². The van der Waals surface area contributed by atoms with Crippen molar-refractivity contribution in [3.05, 3.63) is 47.2 Å². The average molecular weight is 476 g/mol. The molecule has 3 aliphatic carbocycles. The Kier molecular flexibility index (Phi) is 4.45. The lowest BCUT2D eigenvalue weighted by atomic mass is 9.48. The fourth-order valence-corrected chi connectivity index (χ4v) is 7.99. The number of pyridine rings is 1. The Morgan fingerprint density at radius 3 is 2.83 bits per heavy atom. The van der Waals surface area contributed by atoms with Gasteiger partial charge < -0.3 is 14.9 Å². The molecule has 0 unspecified atom stereocenters. The molecule has 2 aliphatic heterocycles. The SMILES string of the molecule is CC(=O)N(c1ncccc1C)[C@@H]1CC[C@@]2(O)[C@H]3Cc4ccc(O)c5c4[C@@]2(CCN3CC2CC2)[C@H]1O5. The molecule has 5 atom stereocenters. The van der Waals surface area contributed by atoms with E-state index < -0.39 is 17.1 Å². The molecule has 5 aliphatic rings. The molecule has 0 radical (unpaired) electrons. The van der Waals surface area contributed by atoms with Crippen LogP contribution in [0.3, 0.4) is 0 Å². The second kappa shape index (κ2) is 7.20. The standard InChI is InChI=1S/C28H33N3O4/c1-16-4-3-12-29-26(16)31(17(2)32)20-9-10-28(34)22-14-19-7-8-21(33)24-23(19)27(28,25(20)35-24)11-13-30(22)15-18-5-6-18/h3-4,7-8,12,18,20,22,25,33-34H,5-6,9-11,13-15H2,1-2H3/t20-,22-,25+,27+,28-/m1/s1. The molecular weight excluding hydrogens is 442 g/mol. The molecule has 1 spiro atoms. The van der Waals surface area contributed by atoms with Gasteiger partial charge in [0.1, 0.15) is 11.9 Å². The lowest BCUT2D eigenvalue weighted by Crippen LogP contribution is -2.78. The molecule has 184 valence electrons. The Morgan fingerprint density at radius 2 is 2.09 bits per heavy atom. The number of carbonyl (C=O) groups is 1. The maximum absolute atomic E-state index is 13.1. The van der Waals surface area contributed by atoms with Crippen LogP contribution in [-0.2, 0) is 16.6 Å². The first kappa shape index (κ1) is 21.6. The number of phenolic OH excluding ortho intramolecular Hbond substituents is 1. The third kappa shape index (κ3) is 2.74. The highest BCUT2D eigenvalue weighted by molar-refractivity contribution is 5.92. The van der Waals surface area contributed by atoms with Crippen LogP contribution < -0.4 is 9.64 Å². The van der Waals surface area contributed by atoms with E-state index in [1.165, 1.54) is 18.4 Å². The van der Waals surface area contributed by atoms with E-state index in [4.69, 9.17) is 4.74 Å². The van der Waals surface area contributed by atoms with Crippen molar-refractivity contribution in [3.8, 4) is 11.5 Å². The number of ether oxygens (including phenoxy) is 1. The summed E-state index contributed by atoms with van der Waals surface area (Å²) in [5.41, 5.74) is 1.46. The largest absolute Gasteiger partial charge is 0.504 e. The lowest BCUT2D eigenvalue weighted by Gasteiger charge is -2.64. The van der Waals surface area contributed by atoms with Crippen LogP contribution in [-0.4, -0.2) is 62.9 Å². The molecule has 7 rings (SSSR count). The quantitative estimate of drug-likeness (QED) is 0.707. The van der Waals surface area contributed by atoms with E-state index in [0.717, 1.165) is 43.0 Å². The normalized spacial score (nSPS) is 34.8. The predicted octanol–water partition coefficient (Wildman–Crippen LogP) is 3.08. The second-order valence-corrected chi connectivity index (χ2v) is 11.4. The van der Waals surface area contributed by atoms with Gasteiger partial charge in [0.25, 0.3) is 0 Å². The van der Waals surface area contributed by atoms with E-state index in [1.807, 2.05) is 25.1 Å². The number of aryl methyl sites for hydroxylation is 1. The van der Waals surface area contributed by atoms with Crippen LogP contribution in [0.25, 0.3) is 0 Å². The number of aliphatic hydroxyl groups is 1. The van der Waals surface area contributed by atoms with Gasteiger partial charge in [-0.3, -0.25) is 14.6 Å². The number of rotatable bonds is 4. The third-order valence-corrected chi connectivity index (χ3v) is 9.61. The number of piperidine rings is 1. The highest BCUT2D eigenvalue weighted by Crippen LogP contribution is 2.66. The first-order chi connectivity index (χ1) is 16.8. The van der Waals surface area contributed by atoms with E-state index in [0.29, 0.717) is 24.4 Å². The molecule has 3 heterocycles. The number of phenols is 1. The van der Waals surface area contributed by atoms with Crippen molar-refractivity contribution in [2.75, 3.05) is 18.0 Å². The van der Waals surface area contributed by atoms with Crippen LogP contribution in [0.4, 0.5) is 5.82 Å². The molecule has 2 bridgehead atoms. The molecule has 3 fully saturated rings. The molecule has 35 heavy (non-hydrogen) atoms. The summed E-state index contributed by atoms with van der Waals surface area (Å²) < 4.78 is 6.66. The molecule has 2 aromatic rings. The van der Waals surface area contributed by atoms with Crippen molar-refractivity contribution in [2.24, 2.45) is 5.92 Å². The van der Waals surface area contributed by atoms with Crippen LogP contribution in [0.1, 0.15) is 55.7 Å². The number of nitrogens with zero attached hydrogens (tertiary/aromatic N) is 3. The lowest BCUT2D eigenvalue weighted by molar-refractivity contribution is -0.190. The van der Waals surface area contributed by atoms with Gasteiger partial charge in [0.15, 0.2) is 11.5 Å². The molecule has 7 nitrogen and oxygen atoms in total. The van der Waals surface area contributed by atoms with Gasteiger partial charge in [0, 0.05) is 31.3 Å². The maximum Gasteiger partial charge on any atom is 0.225 e. The van der Waals surface area contributed by atoms with Gasteiger partial charge in [0.05, 0.1) is 17.1 Å². The number of carbonyl (C=O) groups excluding carboxylic acids is 1. The van der Waals surface area contributed by atoms with E-state index in [1.54, 1.807) is 24.1 Å². The summed E-state index contributed by atoms with van der Waals surface area (Å²) in [5, 5.41) is 23.5. The number of hydrogen-bond acceptors (Lipinski definition) is 6. The number of anilines is 1. The van der Waals surface area contributed by atoms with Gasteiger partial charge in [-0.05, 0) is 81.2 Å². The van der Waals surface area contributed by atoms with Crippen LogP contribution >= 0.6 is 0 Å². The molecule has 1 saturated heterocycles. The summed E-state index contributed by atoms with van der Waals surface area (Å²) in [6.45, 7) is 5.49. The second-order valence-electron chi connectivity index (χ2n) is 11.4. The number of amides is 1. The van der Waals surface area contributed by atoms with Gasteiger partial charge >= 0.3 is 0 Å². The van der Waals surface area contributed by atoms with Crippen LogP contribution in [0.5, 0.6) is 11.5 Å². The van der Waals surface area contributed by atoms with Gasteiger partial charge in [-0.2, -0.15) is 0 Å². The zero-order valence-electron chi connectivity index (χ0n) is 20.4. The number of aromatic hydroxyl groups is 1. The van der Waals surface area contributed by atoms with Gasteiger partial charge in [-0.25, -0.2) is 4.98 Å². The number of likely N-dealkylation sites (tertiary alicyclic amines) is 1. The fourth-order valence-electron chi connectivity index (χ4n) is 7.99. The Bertz CT molecular complexity index is 1230. The number of benzene rings is 1. The summed E-state index contributed by atoms with van der Waals surface area (Å²) in [6, 6.07) is 7.34. The zero-order chi connectivity index (χ0) is 24.1. The minimum absolute atomic E-state index is 0.0225. The minimum Gasteiger partial charge on any atom is -0.504 e. The summed E-state index contributed by atoms with van der Waals surface area (Å²) >= 11 is 0. The number of hydrogen-bond donors (Lipinski definition) is 2. The highest BCUT2D eigenvalue weighted by atomic mass is 16.5. The topological polar surface area (TPSA) is 86.1 Å².